The molecule has 1 amide bonds. The van der Waals surface area contributed by atoms with E-state index in [1.54, 1.807) is 20.8 Å². The summed E-state index contributed by atoms with van der Waals surface area (Å²) in [6, 6.07) is 3.54. The van der Waals surface area contributed by atoms with Crippen LogP contribution in [-0.2, 0) is 19.1 Å². The molecule has 1 aromatic heterocycles. The number of halogens is 1. The van der Waals surface area contributed by atoms with E-state index in [0.717, 1.165) is 0 Å². The second-order valence-corrected chi connectivity index (χ2v) is 7.51. The van der Waals surface area contributed by atoms with Gasteiger partial charge >= 0.3 is 11.9 Å². The normalized spacial score (nSPS) is 16.1. The number of ether oxygens (including phenoxy) is 2. The van der Waals surface area contributed by atoms with Crippen molar-refractivity contribution >= 4 is 34.4 Å². The molecule has 2 heterocycles. The van der Waals surface area contributed by atoms with Crippen molar-refractivity contribution in [2.45, 2.75) is 39.7 Å². The number of fused-ring (bicyclic) bond motifs is 1. The number of piperidine rings is 1. The number of hydrogen-bond donors (Lipinski definition) is 2. The Bertz CT molecular complexity index is 965. The number of benzene rings is 1. The number of H-pyrrole nitrogens is 1. The third-order valence-corrected chi connectivity index (χ3v) is 5.57. The summed E-state index contributed by atoms with van der Waals surface area (Å²) < 4.78 is 24.0. The van der Waals surface area contributed by atoms with Crippen molar-refractivity contribution in [3.63, 3.8) is 0 Å². The summed E-state index contributed by atoms with van der Waals surface area (Å²) in [5.41, 5.74) is 0.790. The number of hydrogen-bond acceptors (Lipinski definition) is 6. The van der Waals surface area contributed by atoms with Gasteiger partial charge in [-0.25, -0.2) is 9.18 Å². The Morgan fingerprint density at radius 3 is 2.52 bits per heavy atom. The van der Waals surface area contributed by atoms with E-state index in [0.29, 0.717) is 43.4 Å². The number of nitrogens with one attached hydrogen (secondary N) is 2. The Labute approximate surface area is 180 Å². The fourth-order valence-electron chi connectivity index (χ4n) is 3.83. The molecule has 2 N–H and O–H groups in total. The van der Waals surface area contributed by atoms with Crippen LogP contribution < -0.4 is 5.32 Å². The van der Waals surface area contributed by atoms with E-state index in [4.69, 9.17) is 9.47 Å². The Morgan fingerprint density at radius 1 is 1.19 bits per heavy atom. The summed E-state index contributed by atoms with van der Waals surface area (Å²) in [7, 11) is 0. The second-order valence-electron chi connectivity index (χ2n) is 7.51. The summed E-state index contributed by atoms with van der Waals surface area (Å²) in [6.45, 7) is 6.89. The molecule has 0 saturated carbocycles. The van der Waals surface area contributed by atoms with Crippen LogP contribution in [-0.4, -0.2) is 60.1 Å². The number of carbonyl (C=O) groups is 3. The van der Waals surface area contributed by atoms with Gasteiger partial charge in [0.1, 0.15) is 11.5 Å². The predicted octanol–water partition coefficient (Wildman–Crippen LogP) is 3.09. The maximum absolute atomic E-state index is 13.8. The molecule has 3 rings (SSSR count). The average Bonchev–Trinajstić information content (AvgIpc) is 3.11. The number of esters is 2. The fourth-order valence-corrected chi connectivity index (χ4v) is 3.83. The van der Waals surface area contributed by atoms with Crippen molar-refractivity contribution in [1.29, 1.82) is 0 Å². The third kappa shape index (κ3) is 5.04. The van der Waals surface area contributed by atoms with Gasteiger partial charge in [0.05, 0.1) is 30.9 Å². The molecule has 1 atom stereocenters. The second kappa shape index (κ2) is 9.91. The number of rotatable bonds is 7. The number of nitrogens with zero attached hydrogens (tertiary/aromatic N) is 1. The first-order valence-electron chi connectivity index (χ1n) is 10.6. The van der Waals surface area contributed by atoms with Gasteiger partial charge in [-0.15, -0.1) is 0 Å². The molecule has 9 heteroatoms. The minimum atomic E-state index is -0.627. The van der Waals surface area contributed by atoms with E-state index in [1.165, 1.54) is 18.2 Å². The van der Waals surface area contributed by atoms with Crippen LogP contribution in [0.3, 0.4) is 0 Å². The van der Waals surface area contributed by atoms with Crippen LogP contribution in [0.25, 0.3) is 10.9 Å². The van der Waals surface area contributed by atoms with Crippen LogP contribution in [0, 0.1) is 11.7 Å². The number of anilines is 1. The minimum Gasteiger partial charge on any atom is -0.466 e. The summed E-state index contributed by atoms with van der Waals surface area (Å²) in [5, 5.41) is 3.17. The van der Waals surface area contributed by atoms with Gasteiger partial charge in [-0.05, 0) is 64.9 Å². The SMILES string of the molecule is CCOC(=O)c1[nH]c2ccc(F)cc2c1NC(=O)[C@H](C)N1CCC(C(=O)OCC)CC1. The number of amides is 1. The van der Waals surface area contributed by atoms with Crippen LogP contribution in [0.4, 0.5) is 10.1 Å². The van der Waals surface area contributed by atoms with E-state index in [1.807, 2.05) is 4.90 Å². The topological polar surface area (TPSA) is 101 Å². The van der Waals surface area contributed by atoms with Gasteiger partial charge in [-0.2, -0.15) is 0 Å². The van der Waals surface area contributed by atoms with Crippen LogP contribution in [0.5, 0.6) is 0 Å². The van der Waals surface area contributed by atoms with Crippen LogP contribution in [0.2, 0.25) is 0 Å². The lowest BCUT2D eigenvalue weighted by Crippen LogP contribution is -2.47. The van der Waals surface area contributed by atoms with Gasteiger partial charge in [0, 0.05) is 10.9 Å². The zero-order valence-electron chi connectivity index (χ0n) is 18.0. The lowest BCUT2D eigenvalue weighted by molar-refractivity contribution is -0.149. The standard InChI is InChI=1S/C22H28FN3O5/c1-4-30-21(28)14-8-10-26(11-9-14)13(3)20(27)25-18-16-12-15(23)6-7-17(16)24-19(18)22(29)31-5-2/h6-7,12-14,24H,4-5,8-11H2,1-3H3,(H,25,27)/t13-/m0/s1. The van der Waals surface area contributed by atoms with Crippen LogP contribution in [0.15, 0.2) is 18.2 Å². The lowest BCUT2D eigenvalue weighted by atomic mass is 9.96. The molecule has 1 fully saturated rings. The van der Waals surface area contributed by atoms with Gasteiger partial charge < -0.3 is 19.8 Å². The summed E-state index contributed by atoms with van der Waals surface area (Å²) in [5.74, 6) is -1.79. The molecule has 8 nitrogen and oxygen atoms in total. The zero-order valence-corrected chi connectivity index (χ0v) is 18.0. The van der Waals surface area contributed by atoms with Crippen molar-refractivity contribution in [2.24, 2.45) is 5.92 Å². The minimum absolute atomic E-state index is 0.0732. The number of aromatic nitrogens is 1. The third-order valence-electron chi connectivity index (χ3n) is 5.57. The van der Waals surface area contributed by atoms with Crippen molar-refractivity contribution in [3.8, 4) is 0 Å². The first kappa shape index (κ1) is 22.7. The molecule has 1 aliphatic rings. The highest BCUT2D eigenvalue weighted by Gasteiger charge is 2.31. The highest BCUT2D eigenvalue weighted by Crippen LogP contribution is 2.30. The molecule has 1 aromatic carbocycles. The molecule has 1 aliphatic heterocycles. The van der Waals surface area contributed by atoms with Crippen LogP contribution >= 0.6 is 0 Å². The maximum Gasteiger partial charge on any atom is 0.356 e. The number of carbonyl (C=O) groups excluding carboxylic acids is 3. The summed E-state index contributed by atoms with van der Waals surface area (Å²) >= 11 is 0. The largest absolute Gasteiger partial charge is 0.466 e. The van der Waals surface area contributed by atoms with E-state index >= 15 is 0 Å². The maximum atomic E-state index is 13.8. The molecule has 2 aromatic rings. The quantitative estimate of drug-likeness (QED) is 0.651. The first-order chi connectivity index (χ1) is 14.8. The Kier molecular flexibility index (Phi) is 7.27. The smallest absolute Gasteiger partial charge is 0.356 e. The van der Waals surface area contributed by atoms with Crippen molar-refractivity contribution < 1.29 is 28.2 Å². The molecule has 1 saturated heterocycles. The van der Waals surface area contributed by atoms with Gasteiger partial charge in [0.25, 0.3) is 0 Å². The molecule has 0 spiro atoms. The molecule has 0 aliphatic carbocycles. The lowest BCUT2D eigenvalue weighted by Gasteiger charge is -2.34. The fraction of sp³-hybridized carbons (Fsp3) is 0.500. The number of aromatic amines is 1. The van der Waals surface area contributed by atoms with Crippen LogP contribution in [0.1, 0.15) is 44.1 Å². The highest BCUT2D eigenvalue weighted by molar-refractivity contribution is 6.11. The van der Waals surface area contributed by atoms with E-state index in [-0.39, 0.29) is 35.8 Å². The zero-order chi connectivity index (χ0) is 22.5. The molecule has 0 unspecified atom stereocenters. The monoisotopic (exact) mass is 433 g/mol. The average molecular weight is 433 g/mol. The van der Waals surface area contributed by atoms with Gasteiger partial charge in [-0.3, -0.25) is 14.5 Å². The van der Waals surface area contributed by atoms with Gasteiger partial charge in [0.15, 0.2) is 0 Å². The van der Waals surface area contributed by atoms with Gasteiger partial charge in [0.2, 0.25) is 5.91 Å². The molecule has 0 radical (unpaired) electrons. The van der Waals surface area contributed by atoms with Crippen molar-refractivity contribution in [2.75, 3.05) is 31.6 Å². The van der Waals surface area contributed by atoms with Crippen molar-refractivity contribution in [1.82, 2.24) is 9.88 Å². The summed E-state index contributed by atoms with van der Waals surface area (Å²) in [6.07, 6.45) is 1.23. The Morgan fingerprint density at radius 2 is 1.87 bits per heavy atom. The first-order valence-corrected chi connectivity index (χ1v) is 10.6. The predicted molar refractivity (Wildman–Crippen MR) is 113 cm³/mol. The van der Waals surface area contributed by atoms with E-state index in [9.17, 15) is 18.8 Å². The molecule has 168 valence electrons. The number of likely N-dealkylation sites (tertiary alicyclic amines) is 1. The summed E-state index contributed by atoms with van der Waals surface area (Å²) in [4.78, 5) is 42.2. The Hall–Kier alpha value is -2.94. The van der Waals surface area contributed by atoms with Gasteiger partial charge in [-0.1, -0.05) is 0 Å². The Balaban J connectivity index is 1.75. The molecular formula is C22H28FN3O5. The highest BCUT2D eigenvalue weighted by atomic mass is 19.1. The van der Waals surface area contributed by atoms with Crippen molar-refractivity contribution in [3.05, 3.63) is 29.7 Å². The van der Waals surface area contributed by atoms with E-state index in [2.05, 4.69) is 10.3 Å². The molecule has 31 heavy (non-hydrogen) atoms. The molecule has 0 bridgehead atoms. The van der Waals surface area contributed by atoms with E-state index < -0.39 is 17.8 Å². The molecular weight excluding hydrogens is 405 g/mol.